The molecule has 0 heterocycles. The Hall–Kier alpha value is 0.210. The summed E-state index contributed by atoms with van der Waals surface area (Å²) in [6.07, 6.45) is 40.0. The second-order valence-corrected chi connectivity index (χ2v) is 12.7. The van der Waals surface area contributed by atoms with E-state index in [4.69, 9.17) is 0 Å². The Balaban J connectivity index is 0. The van der Waals surface area contributed by atoms with Gasteiger partial charge in [-0.2, -0.15) is 0 Å². The highest BCUT2D eigenvalue weighted by Gasteiger charge is 2.19. The van der Waals surface area contributed by atoms with E-state index in [1.165, 1.54) is 193 Å². The third kappa shape index (κ3) is 30.7. The van der Waals surface area contributed by atoms with Crippen LogP contribution in [0.3, 0.4) is 0 Å². The van der Waals surface area contributed by atoms with Crippen LogP contribution in [0.2, 0.25) is 0 Å². The number of likely N-dealkylation sites (N-methyl/N-ethyl adjacent to an activating group) is 1. The van der Waals surface area contributed by atoms with Crippen LogP contribution in [0.4, 0.5) is 0 Å². The molecular formula is C35H74ClNO. The Morgan fingerprint density at radius 1 is 0.342 bits per heavy atom. The molecule has 0 aromatic rings. The highest BCUT2D eigenvalue weighted by molar-refractivity contribution is 4.52. The van der Waals surface area contributed by atoms with E-state index in [1.54, 1.807) is 0 Å². The molecule has 0 aromatic carbocycles. The van der Waals surface area contributed by atoms with Crippen molar-refractivity contribution in [2.75, 3.05) is 33.3 Å². The van der Waals surface area contributed by atoms with Crippen molar-refractivity contribution in [3.63, 3.8) is 0 Å². The molecule has 0 unspecified atom stereocenters. The van der Waals surface area contributed by atoms with Gasteiger partial charge in [0.05, 0.1) is 26.7 Å². The maximum Gasteiger partial charge on any atom is 0.102 e. The molecule has 1 N–H and O–H groups in total. The van der Waals surface area contributed by atoms with Gasteiger partial charge in [0.25, 0.3) is 0 Å². The molecule has 3 heteroatoms. The zero-order chi connectivity index (χ0) is 27.1. The fraction of sp³-hybridized carbons (Fsp3) is 1.00. The van der Waals surface area contributed by atoms with Crippen LogP contribution in [0.25, 0.3) is 0 Å². The van der Waals surface area contributed by atoms with Crippen molar-refractivity contribution >= 4 is 0 Å². The van der Waals surface area contributed by atoms with Crippen LogP contribution >= 0.6 is 0 Å². The normalized spacial score (nSPS) is 11.7. The van der Waals surface area contributed by atoms with Gasteiger partial charge in [0, 0.05) is 0 Å². The van der Waals surface area contributed by atoms with E-state index < -0.39 is 0 Å². The first-order valence-corrected chi connectivity index (χ1v) is 17.6. The van der Waals surface area contributed by atoms with Gasteiger partial charge >= 0.3 is 0 Å². The van der Waals surface area contributed by atoms with Gasteiger partial charge in [0.2, 0.25) is 0 Å². The number of hydrogen-bond acceptors (Lipinski definition) is 1. The van der Waals surface area contributed by atoms with E-state index in [2.05, 4.69) is 20.9 Å². The Kier molecular flexibility index (Phi) is 35.5. The largest absolute Gasteiger partial charge is 1.00 e. The first-order chi connectivity index (χ1) is 18.2. The summed E-state index contributed by atoms with van der Waals surface area (Å²) < 4.78 is 1.09. The van der Waals surface area contributed by atoms with Crippen molar-refractivity contribution in [2.24, 2.45) is 0 Å². The van der Waals surface area contributed by atoms with Crippen molar-refractivity contribution in [1.29, 1.82) is 0 Å². The molecule has 0 aromatic heterocycles. The molecule has 0 rings (SSSR count). The summed E-state index contributed by atoms with van der Waals surface area (Å²) in [7, 11) is 2.39. The number of rotatable bonds is 32. The summed E-state index contributed by atoms with van der Waals surface area (Å²) in [5.74, 6) is 0. The second-order valence-electron chi connectivity index (χ2n) is 12.7. The van der Waals surface area contributed by atoms with Crippen molar-refractivity contribution in [1.82, 2.24) is 0 Å². The Labute approximate surface area is 248 Å². The number of halogens is 1. The van der Waals surface area contributed by atoms with E-state index in [-0.39, 0.29) is 12.4 Å². The predicted molar refractivity (Wildman–Crippen MR) is 168 cm³/mol. The van der Waals surface area contributed by atoms with Gasteiger partial charge in [-0.15, -0.1) is 0 Å². The molecule has 0 bridgehead atoms. The molecule has 0 aliphatic heterocycles. The van der Waals surface area contributed by atoms with Crippen LogP contribution in [0.5, 0.6) is 0 Å². The Bertz CT molecular complexity index is 385. The maximum atomic E-state index is 9.62. The number of unbranched alkanes of at least 4 members (excludes halogenated alkanes) is 26. The van der Waals surface area contributed by atoms with Crippen molar-refractivity contribution < 1.29 is 22.0 Å². The SMILES string of the molecule is CCCCCCCCCCCCCCCC[N+](C)(CCO)CCCCCCCCCCCCCCCC.[Cl-]. The maximum absolute atomic E-state index is 9.62. The minimum atomic E-state index is 0. The van der Waals surface area contributed by atoms with Crippen LogP contribution in [0.1, 0.15) is 194 Å². The molecule has 0 atom stereocenters. The fourth-order valence-corrected chi connectivity index (χ4v) is 5.95. The minimum absolute atomic E-state index is 0. The average molecular weight is 560 g/mol. The number of hydrogen-bond donors (Lipinski definition) is 1. The standard InChI is InChI=1S/C35H74NO.ClH/c1-4-6-8-10-12-14-16-18-20-22-24-26-28-30-32-36(3,34-35-37)33-31-29-27-25-23-21-19-17-15-13-11-9-7-5-2;/h37H,4-35H2,1-3H3;1H/q+1;/p-1. The summed E-state index contributed by atoms with van der Waals surface area (Å²) in [5.41, 5.74) is 0. The van der Waals surface area contributed by atoms with Gasteiger partial charge in [-0.25, -0.2) is 0 Å². The number of aliphatic hydroxyl groups is 1. The van der Waals surface area contributed by atoms with E-state index in [0.717, 1.165) is 11.0 Å². The first kappa shape index (κ1) is 40.3. The third-order valence-electron chi connectivity index (χ3n) is 8.74. The van der Waals surface area contributed by atoms with Gasteiger partial charge in [-0.1, -0.05) is 168 Å². The van der Waals surface area contributed by atoms with Gasteiger partial charge in [-0.3, -0.25) is 0 Å². The summed E-state index contributed by atoms with van der Waals surface area (Å²) >= 11 is 0. The number of nitrogens with zero attached hydrogens (tertiary/aromatic N) is 1. The number of quaternary nitrogens is 1. The van der Waals surface area contributed by atoms with E-state index in [9.17, 15) is 5.11 Å². The molecule has 0 spiro atoms. The minimum Gasteiger partial charge on any atom is -1.00 e. The Morgan fingerprint density at radius 3 is 0.763 bits per heavy atom. The van der Waals surface area contributed by atoms with E-state index in [1.807, 2.05) is 0 Å². The van der Waals surface area contributed by atoms with Crippen LogP contribution in [0.15, 0.2) is 0 Å². The molecule has 0 aliphatic rings. The lowest BCUT2D eigenvalue weighted by molar-refractivity contribution is -0.910. The monoisotopic (exact) mass is 560 g/mol. The summed E-state index contributed by atoms with van der Waals surface area (Å²) in [6, 6.07) is 0. The lowest BCUT2D eigenvalue weighted by Crippen LogP contribution is -3.00. The first-order valence-electron chi connectivity index (χ1n) is 17.6. The van der Waals surface area contributed by atoms with Crippen LogP contribution < -0.4 is 12.4 Å². The van der Waals surface area contributed by atoms with Crippen LogP contribution in [0, 0.1) is 0 Å². The average Bonchev–Trinajstić information content (AvgIpc) is 2.89. The molecule has 0 radical (unpaired) electrons. The van der Waals surface area contributed by atoms with Gasteiger partial charge in [-0.05, 0) is 25.7 Å². The van der Waals surface area contributed by atoms with E-state index in [0.29, 0.717) is 6.61 Å². The highest BCUT2D eigenvalue weighted by Crippen LogP contribution is 2.16. The van der Waals surface area contributed by atoms with E-state index >= 15 is 0 Å². The molecule has 38 heavy (non-hydrogen) atoms. The molecule has 232 valence electrons. The molecule has 0 fully saturated rings. The van der Waals surface area contributed by atoms with Crippen LogP contribution in [-0.2, 0) is 0 Å². The lowest BCUT2D eigenvalue weighted by atomic mass is 10.0. The topological polar surface area (TPSA) is 20.2 Å². The predicted octanol–water partition coefficient (Wildman–Crippen LogP) is 8.39. The molecule has 0 aliphatic carbocycles. The molecule has 2 nitrogen and oxygen atoms in total. The lowest BCUT2D eigenvalue weighted by Gasteiger charge is -2.34. The van der Waals surface area contributed by atoms with Crippen LogP contribution in [-0.4, -0.2) is 42.9 Å². The Morgan fingerprint density at radius 2 is 0.553 bits per heavy atom. The summed E-state index contributed by atoms with van der Waals surface area (Å²) in [5, 5.41) is 9.62. The molecule has 0 saturated carbocycles. The van der Waals surface area contributed by atoms with Gasteiger partial charge in [0.1, 0.15) is 6.54 Å². The zero-order valence-electron chi connectivity index (χ0n) is 26.9. The number of aliphatic hydroxyl groups excluding tert-OH is 1. The summed E-state index contributed by atoms with van der Waals surface area (Å²) in [6.45, 7) is 8.40. The molecular weight excluding hydrogens is 486 g/mol. The second kappa shape index (κ2) is 33.4. The van der Waals surface area contributed by atoms with Gasteiger partial charge in [0.15, 0.2) is 0 Å². The third-order valence-corrected chi connectivity index (χ3v) is 8.74. The smallest absolute Gasteiger partial charge is 0.102 e. The fourth-order valence-electron chi connectivity index (χ4n) is 5.95. The molecule has 0 saturated heterocycles. The van der Waals surface area contributed by atoms with Crippen molar-refractivity contribution in [3.05, 3.63) is 0 Å². The molecule has 0 amide bonds. The quantitative estimate of drug-likeness (QED) is 0.0647. The summed E-state index contributed by atoms with van der Waals surface area (Å²) in [4.78, 5) is 0. The van der Waals surface area contributed by atoms with Crippen molar-refractivity contribution in [3.8, 4) is 0 Å². The zero-order valence-corrected chi connectivity index (χ0v) is 27.7. The highest BCUT2D eigenvalue weighted by atomic mass is 35.5. The van der Waals surface area contributed by atoms with Gasteiger partial charge < -0.3 is 22.0 Å². The van der Waals surface area contributed by atoms with Crippen molar-refractivity contribution in [2.45, 2.75) is 194 Å².